The molecule has 15 nitrogen and oxygen atoms in total. The lowest BCUT2D eigenvalue weighted by Gasteiger charge is -2.35. The van der Waals surface area contributed by atoms with Crippen LogP contribution in [0.3, 0.4) is 0 Å². The van der Waals surface area contributed by atoms with Crippen molar-refractivity contribution in [3.63, 3.8) is 0 Å². The van der Waals surface area contributed by atoms with Crippen molar-refractivity contribution in [2.45, 2.75) is 85.0 Å². The molecule has 2 fully saturated rings. The average Bonchev–Trinajstić information content (AvgIpc) is 3.91. The minimum Gasteiger partial charge on any atom is -0.493 e. The van der Waals surface area contributed by atoms with Crippen LogP contribution in [0.15, 0.2) is 60.7 Å². The second kappa shape index (κ2) is 19.7. The highest BCUT2D eigenvalue weighted by atomic mass is 35.5. The van der Waals surface area contributed by atoms with E-state index in [-0.39, 0.29) is 42.4 Å². The lowest BCUT2D eigenvalue weighted by atomic mass is 9.98. The third-order valence-corrected chi connectivity index (χ3v) is 13.9. The van der Waals surface area contributed by atoms with E-state index in [1.54, 1.807) is 11.0 Å². The molecule has 0 bridgehead atoms. The van der Waals surface area contributed by atoms with E-state index in [0.29, 0.717) is 80.7 Å². The Kier molecular flexibility index (Phi) is 13.7. The van der Waals surface area contributed by atoms with Gasteiger partial charge in [0.2, 0.25) is 11.8 Å². The zero-order valence-corrected chi connectivity index (χ0v) is 41.4. The number of piperazine rings is 1. The van der Waals surface area contributed by atoms with E-state index in [0.717, 1.165) is 61.9 Å². The number of aromatic nitrogens is 3. The van der Waals surface area contributed by atoms with Gasteiger partial charge in [0.25, 0.3) is 11.8 Å². The number of imide groups is 1. The predicted molar refractivity (Wildman–Crippen MR) is 262 cm³/mol. The van der Waals surface area contributed by atoms with Gasteiger partial charge in [-0.3, -0.25) is 34.1 Å². The molecule has 4 amide bonds. The van der Waals surface area contributed by atoms with E-state index in [4.69, 9.17) is 30.9 Å². The molecule has 372 valence electrons. The number of nitrogens with one attached hydrogen (secondary N) is 1. The fourth-order valence-electron chi connectivity index (χ4n) is 10.1. The van der Waals surface area contributed by atoms with Crippen LogP contribution in [0.4, 0.5) is 8.78 Å². The Bertz CT molecular complexity index is 3130. The van der Waals surface area contributed by atoms with Gasteiger partial charge in [-0.2, -0.15) is 5.10 Å². The molecule has 0 aliphatic carbocycles. The van der Waals surface area contributed by atoms with Gasteiger partial charge in [-0.25, -0.2) is 13.6 Å². The van der Waals surface area contributed by atoms with Crippen molar-refractivity contribution in [1.29, 1.82) is 0 Å². The van der Waals surface area contributed by atoms with Crippen molar-refractivity contribution in [2.75, 3.05) is 45.9 Å². The minimum atomic E-state index is -0.888. The Hall–Kier alpha value is -6.85. The summed E-state index contributed by atoms with van der Waals surface area (Å²) in [4.78, 5) is 71.1. The SMILES string of the molecule is Cc1nn(C)c(C)c1-c1c(Cl)ccc2c(CCCOc3cccc4cc(F)ccc34)c(C(=O)OC(C)(C)C)n(CCN3CCN(C(=O)COc4cc(F)cc5c4CN(C4CCC(=O)NC4=O)C5=O)CC3)c12. The van der Waals surface area contributed by atoms with Crippen LogP contribution < -0.4 is 14.8 Å². The van der Waals surface area contributed by atoms with Crippen molar-refractivity contribution < 1.29 is 47.0 Å². The van der Waals surface area contributed by atoms with Crippen LogP contribution in [0, 0.1) is 25.5 Å². The lowest BCUT2D eigenvalue weighted by molar-refractivity contribution is -0.137. The molecule has 3 aliphatic heterocycles. The van der Waals surface area contributed by atoms with Gasteiger partial charge < -0.3 is 28.6 Å². The van der Waals surface area contributed by atoms with Crippen LogP contribution >= 0.6 is 11.6 Å². The summed E-state index contributed by atoms with van der Waals surface area (Å²) in [5, 5.41) is 9.87. The maximum absolute atomic E-state index is 14.9. The van der Waals surface area contributed by atoms with Crippen LogP contribution in [0.5, 0.6) is 11.5 Å². The van der Waals surface area contributed by atoms with Gasteiger partial charge in [0.15, 0.2) is 6.61 Å². The van der Waals surface area contributed by atoms with Gasteiger partial charge in [0.05, 0.1) is 34.9 Å². The third-order valence-electron chi connectivity index (χ3n) is 13.6. The summed E-state index contributed by atoms with van der Waals surface area (Å²) < 4.78 is 51.1. The number of halogens is 3. The number of amides is 4. The molecule has 0 radical (unpaired) electrons. The Morgan fingerprint density at radius 2 is 1.65 bits per heavy atom. The topological polar surface area (TPSA) is 158 Å². The molecule has 4 aromatic carbocycles. The van der Waals surface area contributed by atoms with Crippen molar-refractivity contribution in [2.24, 2.45) is 7.05 Å². The second-order valence-corrected chi connectivity index (χ2v) is 19.8. The Morgan fingerprint density at radius 1 is 0.887 bits per heavy atom. The summed E-state index contributed by atoms with van der Waals surface area (Å²) in [6.07, 6.45) is 1.22. The van der Waals surface area contributed by atoms with Crippen LogP contribution in [-0.2, 0) is 45.7 Å². The summed E-state index contributed by atoms with van der Waals surface area (Å²) in [5.41, 5.74) is 4.92. The highest BCUT2D eigenvalue weighted by Gasteiger charge is 2.41. The Morgan fingerprint density at radius 3 is 2.37 bits per heavy atom. The average molecular weight is 993 g/mol. The molecule has 2 saturated heterocycles. The molecule has 1 N–H and O–H groups in total. The van der Waals surface area contributed by atoms with Crippen LogP contribution in [0.2, 0.25) is 5.02 Å². The van der Waals surface area contributed by atoms with Gasteiger partial charge in [0, 0.05) is 92.0 Å². The lowest BCUT2D eigenvalue weighted by Crippen LogP contribution is -2.52. The number of esters is 1. The summed E-state index contributed by atoms with van der Waals surface area (Å²) in [7, 11) is 1.88. The molecule has 5 heterocycles. The minimum absolute atomic E-state index is 0.0315. The summed E-state index contributed by atoms with van der Waals surface area (Å²) in [6.45, 7) is 12.0. The maximum Gasteiger partial charge on any atom is 0.355 e. The van der Waals surface area contributed by atoms with Crippen molar-refractivity contribution >= 4 is 62.9 Å². The number of hydrogen-bond acceptors (Lipinski definition) is 10. The fourth-order valence-corrected chi connectivity index (χ4v) is 10.3. The Balaban J connectivity index is 0.940. The van der Waals surface area contributed by atoms with E-state index in [9.17, 15) is 32.8 Å². The summed E-state index contributed by atoms with van der Waals surface area (Å²) >= 11 is 7.18. The summed E-state index contributed by atoms with van der Waals surface area (Å²) in [5.74, 6) is -2.72. The number of fused-ring (bicyclic) bond motifs is 3. The van der Waals surface area contributed by atoms with Crippen LogP contribution in [0.1, 0.15) is 83.4 Å². The van der Waals surface area contributed by atoms with Gasteiger partial charge >= 0.3 is 5.97 Å². The molecular weight excluding hydrogens is 936 g/mol. The number of piperidine rings is 1. The molecule has 71 heavy (non-hydrogen) atoms. The first-order valence-corrected chi connectivity index (χ1v) is 24.2. The molecule has 3 aliphatic rings. The highest BCUT2D eigenvalue weighted by Crippen LogP contribution is 2.43. The Labute approximate surface area is 414 Å². The smallest absolute Gasteiger partial charge is 0.355 e. The number of hydrogen-bond donors (Lipinski definition) is 1. The molecule has 0 saturated carbocycles. The van der Waals surface area contributed by atoms with E-state index >= 15 is 0 Å². The number of carbonyl (C=O) groups is 5. The van der Waals surface area contributed by atoms with E-state index < -0.39 is 47.8 Å². The zero-order chi connectivity index (χ0) is 50.5. The third kappa shape index (κ3) is 9.94. The first-order valence-electron chi connectivity index (χ1n) is 23.9. The number of benzene rings is 4. The number of carbonyl (C=O) groups excluding carboxylic acids is 5. The fraction of sp³-hybridized carbons (Fsp3) is 0.396. The number of rotatable bonds is 14. The quantitative estimate of drug-likeness (QED) is 0.0652. The normalized spacial score (nSPS) is 16.5. The molecular formula is C53H56ClF2N7O8. The van der Waals surface area contributed by atoms with Crippen molar-refractivity contribution in [1.82, 2.24) is 34.4 Å². The number of nitrogens with zero attached hydrogens (tertiary/aromatic N) is 6. The monoisotopic (exact) mass is 991 g/mol. The first kappa shape index (κ1) is 49.1. The van der Waals surface area contributed by atoms with Gasteiger partial charge in [-0.05, 0) is 101 Å². The summed E-state index contributed by atoms with van der Waals surface area (Å²) in [6, 6.07) is 15.3. The molecule has 18 heteroatoms. The molecule has 1 unspecified atom stereocenters. The van der Waals surface area contributed by atoms with Gasteiger partial charge in [-0.15, -0.1) is 0 Å². The van der Waals surface area contributed by atoms with Crippen molar-refractivity contribution in [3.8, 4) is 22.6 Å². The molecule has 6 aromatic rings. The van der Waals surface area contributed by atoms with Crippen LogP contribution in [0.25, 0.3) is 32.8 Å². The standard InChI is InChI=1S/C53H56ClF2N7O8/c1-30-46(31(2)59(6)58-30)47-40(54)15-14-37-36(10-8-24-69-42-11-7-9-32-25-33(55)12-13-35(32)42)49(52(68)71-53(3,4)5)62(48(37)47)23-20-60-18-21-61(22-19-60)45(65)29-70-43-27-34(56)26-38-39(43)28-63(51(38)67)41-16-17-44(64)57-50(41)66/h7,9,11-15,25-27,41H,8,10,16-24,28-29H2,1-6H3,(H,57,64,66). The van der Waals surface area contributed by atoms with E-state index in [2.05, 4.69) is 10.2 Å². The van der Waals surface area contributed by atoms with E-state index in [1.807, 2.05) is 81.2 Å². The van der Waals surface area contributed by atoms with Crippen molar-refractivity contribution in [3.05, 3.63) is 111 Å². The second-order valence-electron chi connectivity index (χ2n) is 19.4. The van der Waals surface area contributed by atoms with Crippen LogP contribution in [-0.4, -0.2) is 116 Å². The predicted octanol–water partition coefficient (Wildman–Crippen LogP) is 7.69. The van der Waals surface area contributed by atoms with E-state index in [1.165, 1.54) is 17.0 Å². The molecule has 1 atom stereocenters. The molecule has 0 spiro atoms. The molecule has 2 aromatic heterocycles. The first-order chi connectivity index (χ1) is 33.9. The maximum atomic E-state index is 14.9. The number of ether oxygens (including phenoxy) is 3. The molecule has 9 rings (SSSR count). The van der Waals surface area contributed by atoms with Gasteiger partial charge in [-0.1, -0.05) is 29.8 Å². The largest absolute Gasteiger partial charge is 0.493 e. The van der Waals surface area contributed by atoms with Gasteiger partial charge in [0.1, 0.15) is 40.5 Å². The number of aryl methyl sites for hydroxylation is 3. The highest BCUT2D eigenvalue weighted by molar-refractivity contribution is 6.35. The zero-order valence-electron chi connectivity index (χ0n) is 40.6.